The van der Waals surface area contributed by atoms with Gasteiger partial charge in [0.1, 0.15) is 17.3 Å². The van der Waals surface area contributed by atoms with Crippen LogP contribution in [0.1, 0.15) is 52.5 Å². The smallest absolute Gasteiger partial charge is 0.338 e. The molecule has 0 fully saturated rings. The van der Waals surface area contributed by atoms with Crippen LogP contribution in [0, 0.1) is 24.2 Å². The number of aryl methyl sites for hydroxylation is 1. The number of ether oxygens (including phenoxy) is 1. The van der Waals surface area contributed by atoms with Gasteiger partial charge in [-0.05, 0) is 43.0 Å². The standard InChI is InChI=1S/C21H21N3O3S/c1-4-12(2)8-16-13(3)28-20-18(16)19(25)23-17(24-20)11-27-21(26)15-7-5-6-14(9-15)10-22/h5-7,9,12H,4,8,11H2,1-3H3,(H,23,24,25)/t12-/m0/s1. The number of nitrogens with zero attached hydrogens (tertiary/aromatic N) is 2. The van der Waals surface area contributed by atoms with Crippen molar-refractivity contribution in [2.24, 2.45) is 5.92 Å². The molecule has 3 rings (SSSR count). The van der Waals surface area contributed by atoms with Gasteiger partial charge in [-0.3, -0.25) is 4.79 Å². The Labute approximate surface area is 166 Å². The molecule has 2 heterocycles. The zero-order valence-electron chi connectivity index (χ0n) is 16.0. The molecule has 28 heavy (non-hydrogen) atoms. The highest BCUT2D eigenvalue weighted by molar-refractivity contribution is 7.18. The van der Waals surface area contributed by atoms with Crippen LogP contribution in [0.3, 0.4) is 0 Å². The fraction of sp³-hybridized carbons (Fsp3) is 0.333. The summed E-state index contributed by atoms with van der Waals surface area (Å²) in [6.07, 6.45) is 1.89. The summed E-state index contributed by atoms with van der Waals surface area (Å²) in [6, 6.07) is 8.25. The number of aromatic amines is 1. The number of carbonyl (C=O) groups is 1. The van der Waals surface area contributed by atoms with Crippen molar-refractivity contribution in [3.05, 3.63) is 62.0 Å². The van der Waals surface area contributed by atoms with Crippen LogP contribution in [-0.2, 0) is 17.8 Å². The third-order valence-electron chi connectivity index (χ3n) is 4.73. The van der Waals surface area contributed by atoms with E-state index in [-0.39, 0.29) is 17.7 Å². The van der Waals surface area contributed by atoms with Gasteiger partial charge in [0.05, 0.1) is 22.6 Å². The molecule has 1 N–H and O–H groups in total. The minimum Gasteiger partial charge on any atom is -0.454 e. The summed E-state index contributed by atoms with van der Waals surface area (Å²) in [5.74, 6) is 0.221. The average Bonchev–Trinajstić information content (AvgIpc) is 3.01. The van der Waals surface area contributed by atoms with Crippen molar-refractivity contribution in [3.63, 3.8) is 0 Å². The van der Waals surface area contributed by atoms with Crippen LogP contribution in [0.25, 0.3) is 10.2 Å². The molecule has 0 radical (unpaired) electrons. The molecule has 0 unspecified atom stereocenters. The number of H-pyrrole nitrogens is 1. The number of hydrogen-bond acceptors (Lipinski definition) is 6. The first kappa shape index (κ1) is 19.8. The maximum Gasteiger partial charge on any atom is 0.338 e. The molecule has 1 aromatic carbocycles. The molecule has 7 heteroatoms. The summed E-state index contributed by atoms with van der Waals surface area (Å²) < 4.78 is 5.26. The lowest BCUT2D eigenvalue weighted by Gasteiger charge is -2.08. The minimum atomic E-state index is -0.570. The molecule has 6 nitrogen and oxygen atoms in total. The molecule has 1 atom stereocenters. The normalized spacial score (nSPS) is 11.9. The van der Waals surface area contributed by atoms with Crippen molar-refractivity contribution < 1.29 is 9.53 Å². The lowest BCUT2D eigenvalue weighted by Crippen LogP contribution is -2.15. The summed E-state index contributed by atoms with van der Waals surface area (Å²) in [4.78, 5) is 33.8. The van der Waals surface area contributed by atoms with Gasteiger partial charge in [0.2, 0.25) is 0 Å². The number of nitrogens with one attached hydrogen (secondary N) is 1. The largest absolute Gasteiger partial charge is 0.454 e. The van der Waals surface area contributed by atoms with E-state index >= 15 is 0 Å². The van der Waals surface area contributed by atoms with Gasteiger partial charge in [-0.2, -0.15) is 5.26 Å². The van der Waals surface area contributed by atoms with Crippen molar-refractivity contribution >= 4 is 27.5 Å². The highest BCUT2D eigenvalue weighted by atomic mass is 32.1. The molecule has 0 aliphatic rings. The molecular weight excluding hydrogens is 374 g/mol. The van der Waals surface area contributed by atoms with Gasteiger partial charge in [0.25, 0.3) is 5.56 Å². The van der Waals surface area contributed by atoms with Crippen molar-refractivity contribution in [3.8, 4) is 6.07 Å². The number of aromatic nitrogens is 2. The number of fused-ring (bicyclic) bond motifs is 1. The second-order valence-electron chi connectivity index (χ2n) is 6.82. The molecule has 0 spiro atoms. The fourth-order valence-electron chi connectivity index (χ4n) is 2.96. The predicted molar refractivity (Wildman–Crippen MR) is 108 cm³/mol. The van der Waals surface area contributed by atoms with Crippen molar-refractivity contribution in [2.45, 2.75) is 40.2 Å². The van der Waals surface area contributed by atoms with E-state index in [1.807, 2.05) is 13.0 Å². The average molecular weight is 395 g/mol. The Bertz CT molecular complexity index is 1120. The number of rotatable bonds is 6. The van der Waals surface area contributed by atoms with Gasteiger partial charge in [0, 0.05) is 4.88 Å². The zero-order valence-corrected chi connectivity index (χ0v) is 16.9. The van der Waals surface area contributed by atoms with Crippen LogP contribution in [0.4, 0.5) is 0 Å². The Morgan fingerprint density at radius 3 is 2.93 bits per heavy atom. The van der Waals surface area contributed by atoms with Crippen LogP contribution < -0.4 is 5.56 Å². The first-order valence-corrected chi connectivity index (χ1v) is 9.93. The fourth-order valence-corrected chi connectivity index (χ4v) is 4.03. The third-order valence-corrected chi connectivity index (χ3v) is 5.77. The van der Waals surface area contributed by atoms with E-state index in [2.05, 4.69) is 23.8 Å². The van der Waals surface area contributed by atoms with Gasteiger partial charge in [-0.1, -0.05) is 26.3 Å². The van der Waals surface area contributed by atoms with Crippen molar-refractivity contribution in [2.75, 3.05) is 0 Å². The Morgan fingerprint density at radius 2 is 2.21 bits per heavy atom. The van der Waals surface area contributed by atoms with Crippen molar-refractivity contribution in [1.82, 2.24) is 9.97 Å². The van der Waals surface area contributed by atoms with E-state index in [0.717, 1.165) is 23.3 Å². The van der Waals surface area contributed by atoms with Gasteiger partial charge < -0.3 is 9.72 Å². The molecule has 0 aliphatic carbocycles. The maximum atomic E-state index is 12.6. The molecule has 0 bridgehead atoms. The van der Waals surface area contributed by atoms with Crippen LogP contribution in [0.2, 0.25) is 0 Å². The van der Waals surface area contributed by atoms with E-state index in [9.17, 15) is 9.59 Å². The highest BCUT2D eigenvalue weighted by Crippen LogP contribution is 2.29. The lowest BCUT2D eigenvalue weighted by molar-refractivity contribution is 0.0462. The molecule has 144 valence electrons. The molecule has 2 aromatic heterocycles. The van der Waals surface area contributed by atoms with Crippen molar-refractivity contribution in [1.29, 1.82) is 5.26 Å². The monoisotopic (exact) mass is 395 g/mol. The number of carbonyl (C=O) groups excluding carboxylic acids is 1. The van der Waals surface area contributed by atoms with E-state index in [1.54, 1.807) is 18.2 Å². The quantitative estimate of drug-likeness (QED) is 0.634. The minimum absolute atomic E-state index is 0.140. The summed E-state index contributed by atoms with van der Waals surface area (Å²) in [5.41, 5.74) is 1.51. The van der Waals surface area contributed by atoms with Crippen LogP contribution >= 0.6 is 11.3 Å². The number of hydrogen-bond donors (Lipinski definition) is 1. The summed E-state index contributed by atoms with van der Waals surface area (Å²) >= 11 is 1.49. The molecule has 0 aliphatic heterocycles. The van der Waals surface area contributed by atoms with Crippen LogP contribution in [-0.4, -0.2) is 15.9 Å². The summed E-state index contributed by atoms with van der Waals surface area (Å²) in [5, 5.41) is 9.57. The first-order chi connectivity index (χ1) is 13.4. The number of thiophene rings is 1. The predicted octanol–water partition coefficient (Wildman–Crippen LogP) is 4.11. The second kappa shape index (κ2) is 8.36. The van der Waals surface area contributed by atoms with E-state index in [0.29, 0.717) is 27.5 Å². The number of nitriles is 1. The second-order valence-corrected chi connectivity index (χ2v) is 8.02. The van der Waals surface area contributed by atoms with Gasteiger partial charge in [-0.25, -0.2) is 9.78 Å². The SMILES string of the molecule is CC[C@H](C)Cc1c(C)sc2nc(COC(=O)c3cccc(C#N)c3)[nH]c(=O)c12. The molecule has 0 saturated carbocycles. The topological polar surface area (TPSA) is 95.8 Å². The molecule has 3 aromatic rings. The maximum absolute atomic E-state index is 12.6. The highest BCUT2D eigenvalue weighted by Gasteiger charge is 2.17. The molecular formula is C21H21N3O3S. The van der Waals surface area contributed by atoms with Gasteiger partial charge in [-0.15, -0.1) is 11.3 Å². The Morgan fingerprint density at radius 1 is 1.43 bits per heavy atom. The van der Waals surface area contributed by atoms with E-state index in [4.69, 9.17) is 10.00 Å². The lowest BCUT2D eigenvalue weighted by atomic mass is 9.98. The van der Waals surface area contributed by atoms with Crippen LogP contribution in [0.15, 0.2) is 29.1 Å². The van der Waals surface area contributed by atoms with Crippen LogP contribution in [0.5, 0.6) is 0 Å². The Hall–Kier alpha value is -2.98. The molecule has 0 saturated heterocycles. The summed E-state index contributed by atoms with van der Waals surface area (Å²) in [7, 11) is 0. The number of esters is 1. The first-order valence-electron chi connectivity index (χ1n) is 9.11. The molecule has 0 amide bonds. The zero-order chi connectivity index (χ0) is 20.3. The summed E-state index contributed by atoms with van der Waals surface area (Å²) in [6.45, 7) is 6.17. The van der Waals surface area contributed by atoms with Gasteiger partial charge in [0.15, 0.2) is 0 Å². The third kappa shape index (κ3) is 4.12. The Kier molecular flexibility index (Phi) is 5.90. The van der Waals surface area contributed by atoms with Gasteiger partial charge >= 0.3 is 5.97 Å². The van der Waals surface area contributed by atoms with E-state index < -0.39 is 5.97 Å². The number of benzene rings is 1. The van der Waals surface area contributed by atoms with E-state index in [1.165, 1.54) is 17.4 Å². The Balaban J connectivity index is 1.82.